The summed E-state index contributed by atoms with van der Waals surface area (Å²) in [6.45, 7) is 7.62. The molecule has 0 aliphatic rings. The van der Waals surface area contributed by atoms with Gasteiger partial charge in [-0.2, -0.15) is 0 Å². The molecule has 0 aliphatic carbocycles. The van der Waals surface area contributed by atoms with Crippen LogP contribution < -0.4 is 5.32 Å². The molecule has 0 heterocycles. The Labute approximate surface area is 116 Å². The Morgan fingerprint density at radius 1 is 1.50 bits per heavy atom. The summed E-state index contributed by atoms with van der Waals surface area (Å²) in [4.78, 5) is 24.4. The van der Waals surface area contributed by atoms with Gasteiger partial charge in [0.15, 0.2) is 0 Å². The summed E-state index contributed by atoms with van der Waals surface area (Å²) in [5.74, 6) is -2.23. The Hall–Kier alpha value is -2.37. The van der Waals surface area contributed by atoms with Crippen molar-refractivity contribution in [3.63, 3.8) is 0 Å². The minimum Gasteiger partial charge on any atom is -0.478 e. The topological polar surface area (TPSA) is 69.6 Å². The van der Waals surface area contributed by atoms with Gasteiger partial charge in [0, 0.05) is 18.3 Å². The van der Waals surface area contributed by atoms with Crippen molar-refractivity contribution in [1.29, 1.82) is 0 Å². The fraction of sp³-hybridized carbons (Fsp3) is 0.286. The van der Waals surface area contributed by atoms with Gasteiger partial charge in [-0.15, -0.1) is 6.58 Å². The summed E-state index contributed by atoms with van der Waals surface area (Å²) in [5.41, 5.74) is -0.258. The van der Waals surface area contributed by atoms with Crippen LogP contribution in [0.25, 0.3) is 0 Å². The van der Waals surface area contributed by atoms with E-state index in [1.165, 1.54) is 11.0 Å². The monoisotopic (exact) mass is 280 g/mol. The third-order valence-corrected chi connectivity index (χ3v) is 2.66. The van der Waals surface area contributed by atoms with Gasteiger partial charge in [0.25, 0.3) is 0 Å². The van der Waals surface area contributed by atoms with Gasteiger partial charge in [-0.05, 0) is 32.0 Å². The number of halogens is 1. The molecule has 1 rings (SSSR count). The van der Waals surface area contributed by atoms with Crippen LogP contribution in [0.5, 0.6) is 0 Å². The van der Waals surface area contributed by atoms with Crippen molar-refractivity contribution in [2.75, 3.05) is 11.9 Å². The van der Waals surface area contributed by atoms with Gasteiger partial charge in [0.2, 0.25) is 0 Å². The van der Waals surface area contributed by atoms with Gasteiger partial charge in [-0.25, -0.2) is 14.0 Å². The van der Waals surface area contributed by atoms with Crippen LogP contribution in [0.2, 0.25) is 0 Å². The minimum absolute atomic E-state index is 0.0487. The smallest absolute Gasteiger partial charge is 0.338 e. The van der Waals surface area contributed by atoms with E-state index in [1.54, 1.807) is 6.08 Å². The van der Waals surface area contributed by atoms with Crippen molar-refractivity contribution in [3.8, 4) is 0 Å². The number of urea groups is 1. The zero-order valence-corrected chi connectivity index (χ0v) is 11.4. The Morgan fingerprint density at radius 3 is 2.65 bits per heavy atom. The molecule has 0 fully saturated rings. The Bertz CT molecular complexity index is 529. The molecule has 2 N–H and O–H groups in total. The van der Waals surface area contributed by atoms with E-state index in [9.17, 15) is 14.0 Å². The van der Waals surface area contributed by atoms with Crippen LogP contribution in [-0.2, 0) is 0 Å². The molecule has 0 aromatic heterocycles. The first kappa shape index (κ1) is 15.7. The van der Waals surface area contributed by atoms with Crippen molar-refractivity contribution < 1.29 is 19.1 Å². The molecule has 0 spiro atoms. The number of rotatable bonds is 5. The molecule has 0 saturated carbocycles. The molecule has 5 nitrogen and oxygen atoms in total. The molecule has 0 atom stereocenters. The first-order chi connectivity index (χ1) is 9.36. The Morgan fingerprint density at radius 2 is 2.15 bits per heavy atom. The maximum absolute atomic E-state index is 13.2. The third kappa shape index (κ3) is 3.81. The Kier molecular flexibility index (Phi) is 5.25. The largest absolute Gasteiger partial charge is 0.478 e. The highest BCUT2D eigenvalue weighted by molar-refractivity contribution is 5.93. The predicted octanol–water partition coefficient (Wildman–Crippen LogP) is 2.95. The molecule has 0 bridgehead atoms. The normalized spacial score (nSPS) is 10.2. The molecule has 0 unspecified atom stereocenters. The number of carbonyl (C=O) groups excluding carboxylic acids is 1. The SMILES string of the molecule is C=CCN(C(=O)Nc1ccc(F)c(C(=O)O)c1)C(C)C. The van der Waals surface area contributed by atoms with Gasteiger partial charge in [0.05, 0.1) is 5.56 Å². The number of aromatic carboxylic acids is 1. The molecule has 0 radical (unpaired) electrons. The van der Waals surface area contributed by atoms with E-state index in [4.69, 9.17) is 5.11 Å². The summed E-state index contributed by atoms with van der Waals surface area (Å²) in [6, 6.07) is 2.95. The number of hydrogen-bond donors (Lipinski definition) is 2. The number of carbonyl (C=O) groups is 2. The zero-order valence-electron chi connectivity index (χ0n) is 11.4. The van der Waals surface area contributed by atoms with Crippen LogP contribution in [0.15, 0.2) is 30.9 Å². The summed E-state index contributed by atoms with van der Waals surface area (Å²) < 4.78 is 13.2. The highest BCUT2D eigenvalue weighted by Crippen LogP contribution is 2.16. The lowest BCUT2D eigenvalue weighted by atomic mass is 10.2. The molecular weight excluding hydrogens is 263 g/mol. The molecule has 0 saturated heterocycles. The minimum atomic E-state index is -1.38. The van der Waals surface area contributed by atoms with Crippen LogP contribution in [0.3, 0.4) is 0 Å². The molecule has 0 aliphatic heterocycles. The maximum Gasteiger partial charge on any atom is 0.338 e. The number of amides is 2. The maximum atomic E-state index is 13.2. The number of carboxylic acids is 1. The highest BCUT2D eigenvalue weighted by Gasteiger charge is 2.17. The lowest BCUT2D eigenvalue weighted by Crippen LogP contribution is -2.40. The Balaban J connectivity index is 2.92. The first-order valence-electron chi connectivity index (χ1n) is 6.08. The van der Waals surface area contributed by atoms with Crippen LogP contribution in [-0.4, -0.2) is 34.6 Å². The number of carboxylic acid groups (broad SMARTS) is 1. The number of hydrogen-bond acceptors (Lipinski definition) is 2. The number of nitrogens with one attached hydrogen (secondary N) is 1. The van der Waals surface area contributed by atoms with Gasteiger partial charge < -0.3 is 15.3 Å². The van der Waals surface area contributed by atoms with Gasteiger partial charge in [-0.3, -0.25) is 0 Å². The lowest BCUT2D eigenvalue weighted by molar-refractivity contribution is 0.0692. The number of nitrogens with zero attached hydrogens (tertiary/aromatic N) is 1. The molecule has 108 valence electrons. The molecular formula is C14H17FN2O3. The highest BCUT2D eigenvalue weighted by atomic mass is 19.1. The fourth-order valence-corrected chi connectivity index (χ4v) is 1.63. The first-order valence-corrected chi connectivity index (χ1v) is 6.08. The molecule has 1 aromatic rings. The molecule has 6 heteroatoms. The van der Waals surface area contributed by atoms with Crippen molar-refractivity contribution >= 4 is 17.7 Å². The predicted molar refractivity (Wildman–Crippen MR) is 74.4 cm³/mol. The van der Waals surface area contributed by atoms with Crippen LogP contribution in [0, 0.1) is 5.82 Å². The molecule has 20 heavy (non-hydrogen) atoms. The van der Waals surface area contributed by atoms with Crippen molar-refractivity contribution in [3.05, 3.63) is 42.2 Å². The zero-order chi connectivity index (χ0) is 15.3. The molecule has 2 amide bonds. The van der Waals surface area contributed by atoms with Crippen molar-refractivity contribution in [2.24, 2.45) is 0 Å². The van der Waals surface area contributed by atoms with Crippen LogP contribution in [0.4, 0.5) is 14.9 Å². The van der Waals surface area contributed by atoms with E-state index in [1.807, 2.05) is 13.8 Å². The number of anilines is 1. The van der Waals surface area contributed by atoms with Crippen LogP contribution in [0.1, 0.15) is 24.2 Å². The van der Waals surface area contributed by atoms with Gasteiger partial charge in [-0.1, -0.05) is 6.08 Å². The lowest BCUT2D eigenvalue weighted by Gasteiger charge is -2.25. The second-order valence-electron chi connectivity index (χ2n) is 4.46. The van der Waals surface area contributed by atoms with E-state index in [-0.39, 0.29) is 11.7 Å². The quantitative estimate of drug-likeness (QED) is 0.815. The fourth-order valence-electron chi connectivity index (χ4n) is 1.63. The van der Waals surface area contributed by atoms with E-state index < -0.39 is 23.4 Å². The summed E-state index contributed by atoms with van der Waals surface area (Å²) in [7, 11) is 0. The summed E-state index contributed by atoms with van der Waals surface area (Å²) in [6.07, 6.45) is 1.59. The van der Waals surface area contributed by atoms with E-state index in [0.717, 1.165) is 12.1 Å². The average molecular weight is 280 g/mol. The second kappa shape index (κ2) is 6.70. The second-order valence-corrected chi connectivity index (χ2v) is 4.46. The summed E-state index contributed by atoms with van der Waals surface area (Å²) >= 11 is 0. The summed E-state index contributed by atoms with van der Waals surface area (Å²) in [5, 5.41) is 11.4. The molecule has 1 aromatic carbocycles. The van der Waals surface area contributed by atoms with Crippen LogP contribution >= 0.6 is 0 Å². The van der Waals surface area contributed by atoms with Gasteiger partial charge >= 0.3 is 12.0 Å². The van der Waals surface area contributed by atoms with Crippen molar-refractivity contribution in [1.82, 2.24) is 4.90 Å². The van der Waals surface area contributed by atoms with Crippen molar-refractivity contribution in [2.45, 2.75) is 19.9 Å². The van der Waals surface area contributed by atoms with E-state index in [0.29, 0.717) is 6.54 Å². The van der Waals surface area contributed by atoms with Gasteiger partial charge in [0.1, 0.15) is 5.82 Å². The number of benzene rings is 1. The van der Waals surface area contributed by atoms with E-state index >= 15 is 0 Å². The third-order valence-electron chi connectivity index (χ3n) is 2.66. The van der Waals surface area contributed by atoms with E-state index in [2.05, 4.69) is 11.9 Å². The standard InChI is InChI=1S/C14H17FN2O3/c1-4-7-17(9(2)3)14(20)16-10-5-6-12(15)11(8-10)13(18)19/h4-6,8-9H,1,7H2,2-3H3,(H,16,20)(H,18,19). The average Bonchev–Trinajstić information content (AvgIpc) is 2.37.